The number of likely N-dealkylation sites (N-methyl/N-ethyl adjacent to an activating group) is 1. The van der Waals surface area contributed by atoms with E-state index in [-0.39, 0.29) is 24.7 Å². The first kappa shape index (κ1) is 14.5. The SMILES string of the molecule is Cc1cc(CC(C)NC(=O)N(C)C(C)CO)n[nH]1. The summed E-state index contributed by atoms with van der Waals surface area (Å²) < 4.78 is 0. The van der Waals surface area contributed by atoms with Gasteiger partial charge in [-0.2, -0.15) is 5.10 Å². The van der Waals surface area contributed by atoms with Gasteiger partial charge in [0.15, 0.2) is 0 Å². The molecular weight excluding hydrogens is 232 g/mol. The molecule has 6 nitrogen and oxygen atoms in total. The Morgan fingerprint density at radius 3 is 2.78 bits per heavy atom. The lowest BCUT2D eigenvalue weighted by atomic mass is 10.2. The molecule has 0 spiro atoms. The first-order chi connectivity index (χ1) is 8.43. The van der Waals surface area contributed by atoms with E-state index in [9.17, 15) is 4.79 Å². The van der Waals surface area contributed by atoms with Crippen LogP contribution < -0.4 is 5.32 Å². The van der Waals surface area contributed by atoms with Crippen LogP contribution in [-0.2, 0) is 6.42 Å². The lowest BCUT2D eigenvalue weighted by Gasteiger charge is -2.25. The van der Waals surface area contributed by atoms with Crippen molar-refractivity contribution >= 4 is 6.03 Å². The summed E-state index contributed by atoms with van der Waals surface area (Å²) in [5.74, 6) is 0. The standard InChI is InChI=1S/C12H22N4O2/c1-8(5-11-6-9(2)14-15-11)13-12(18)16(4)10(3)7-17/h6,8,10,17H,5,7H2,1-4H3,(H,13,18)(H,14,15). The van der Waals surface area contributed by atoms with Crippen LogP contribution in [0.5, 0.6) is 0 Å². The van der Waals surface area contributed by atoms with Crippen molar-refractivity contribution in [3.8, 4) is 0 Å². The maximum absolute atomic E-state index is 11.8. The highest BCUT2D eigenvalue weighted by Crippen LogP contribution is 2.03. The van der Waals surface area contributed by atoms with Crippen LogP contribution in [0.2, 0.25) is 0 Å². The summed E-state index contributed by atoms with van der Waals surface area (Å²) in [7, 11) is 1.67. The van der Waals surface area contributed by atoms with Gasteiger partial charge in [-0.05, 0) is 26.8 Å². The third kappa shape index (κ3) is 4.03. The Kier molecular flexibility index (Phi) is 5.15. The molecule has 1 aromatic heterocycles. The van der Waals surface area contributed by atoms with Gasteiger partial charge in [0.1, 0.15) is 0 Å². The second kappa shape index (κ2) is 6.39. The minimum atomic E-state index is -0.190. The molecule has 1 rings (SSSR count). The Morgan fingerprint density at radius 2 is 2.28 bits per heavy atom. The number of aliphatic hydroxyl groups excluding tert-OH is 1. The summed E-state index contributed by atoms with van der Waals surface area (Å²) in [4.78, 5) is 13.3. The molecule has 6 heteroatoms. The predicted molar refractivity (Wildman–Crippen MR) is 69.3 cm³/mol. The van der Waals surface area contributed by atoms with E-state index in [1.165, 1.54) is 4.90 Å². The van der Waals surface area contributed by atoms with Gasteiger partial charge < -0.3 is 15.3 Å². The Balaban J connectivity index is 2.44. The van der Waals surface area contributed by atoms with E-state index in [0.29, 0.717) is 6.42 Å². The number of aromatic amines is 1. The van der Waals surface area contributed by atoms with Crippen LogP contribution in [0.25, 0.3) is 0 Å². The van der Waals surface area contributed by atoms with Crippen molar-refractivity contribution in [3.05, 3.63) is 17.5 Å². The summed E-state index contributed by atoms with van der Waals surface area (Å²) in [6.45, 7) is 5.62. The topological polar surface area (TPSA) is 81.2 Å². The Labute approximate surface area is 107 Å². The van der Waals surface area contributed by atoms with E-state index < -0.39 is 0 Å². The predicted octanol–water partition coefficient (Wildman–Crippen LogP) is 0.671. The van der Waals surface area contributed by atoms with Gasteiger partial charge in [0.2, 0.25) is 0 Å². The van der Waals surface area contributed by atoms with Gasteiger partial charge in [-0.1, -0.05) is 0 Å². The van der Waals surface area contributed by atoms with Crippen molar-refractivity contribution in [2.45, 2.75) is 39.3 Å². The van der Waals surface area contributed by atoms with Gasteiger partial charge in [0.05, 0.1) is 18.3 Å². The normalized spacial score (nSPS) is 14.1. The van der Waals surface area contributed by atoms with Gasteiger partial charge in [0.25, 0.3) is 0 Å². The van der Waals surface area contributed by atoms with Crippen molar-refractivity contribution in [2.75, 3.05) is 13.7 Å². The molecule has 1 aromatic rings. The highest BCUT2D eigenvalue weighted by molar-refractivity contribution is 5.74. The summed E-state index contributed by atoms with van der Waals surface area (Å²) in [6, 6.07) is 1.58. The summed E-state index contributed by atoms with van der Waals surface area (Å²) in [6.07, 6.45) is 0.678. The summed E-state index contributed by atoms with van der Waals surface area (Å²) in [5.41, 5.74) is 1.94. The van der Waals surface area contributed by atoms with Gasteiger partial charge in [0, 0.05) is 25.2 Å². The fourth-order valence-electron chi connectivity index (χ4n) is 1.58. The number of urea groups is 1. The lowest BCUT2D eigenvalue weighted by Crippen LogP contribution is -2.47. The number of aryl methyl sites for hydroxylation is 1. The average Bonchev–Trinajstić information content (AvgIpc) is 2.72. The smallest absolute Gasteiger partial charge is 0.317 e. The number of H-pyrrole nitrogens is 1. The molecule has 2 atom stereocenters. The van der Waals surface area contributed by atoms with Crippen LogP contribution in [0.4, 0.5) is 4.79 Å². The van der Waals surface area contributed by atoms with E-state index >= 15 is 0 Å². The molecule has 0 aliphatic heterocycles. The molecule has 0 fully saturated rings. The second-order valence-electron chi connectivity index (χ2n) is 4.74. The number of hydrogen-bond donors (Lipinski definition) is 3. The highest BCUT2D eigenvalue weighted by atomic mass is 16.3. The zero-order valence-corrected chi connectivity index (χ0v) is 11.4. The third-order valence-electron chi connectivity index (χ3n) is 2.89. The summed E-state index contributed by atoms with van der Waals surface area (Å²) >= 11 is 0. The Bertz CT molecular complexity index is 391. The molecule has 102 valence electrons. The molecule has 0 radical (unpaired) electrons. The number of hydrogen-bond acceptors (Lipinski definition) is 3. The zero-order valence-electron chi connectivity index (χ0n) is 11.4. The van der Waals surface area contributed by atoms with Crippen LogP contribution in [0, 0.1) is 6.92 Å². The second-order valence-corrected chi connectivity index (χ2v) is 4.74. The molecule has 0 saturated carbocycles. The van der Waals surface area contributed by atoms with Gasteiger partial charge in [-0.25, -0.2) is 4.79 Å². The number of aliphatic hydroxyl groups is 1. The van der Waals surface area contributed by atoms with Crippen LogP contribution in [-0.4, -0.2) is 52.0 Å². The fourth-order valence-corrected chi connectivity index (χ4v) is 1.58. The molecule has 2 unspecified atom stereocenters. The van der Waals surface area contributed by atoms with E-state index in [4.69, 9.17) is 5.11 Å². The average molecular weight is 254 g/mol. The van der Waals surface area contributed by atoms with Crippen LogP contribution in [0.15, 0.2) is 6.07 Å². The number of nitrogens with zero attached hydrogens (tertiary/aromatic N) is 2. The number of aromatic nitrogens is 2. The highest BCUT2D eigenvalue weighted by Gasteiger charge is 2.17. The molecule has 1 heterocycles. The third-order valence-corrected chi connectivity index (χ3v) is 2.89. The van der Waals surface area contributed by atoms with E-state index in [2.05, 4.69) is 15.5 Å². The van der Waals surface area contributed by atoms with Crippen LogP contribution in [0.3, 0.4) is 0 Å². The molecule has 0 bridgehead atoms. The Hall–Kier alpha value is -1.56. The van der Waals surface area contributed by atoms with Crippen molar-refractivity contribution < 1.29 is 9.90 Å². The molecule has 3 N–H and O–H groups in total. The number of rotatable bonds is 5. The van der Waals surface area contributed by atoms with Gasteiger partial charge >= 0.3 is 6.03 Å². The van der Waals surface area contributed by atoms with E-state index in [0.717, 1.165) is 11.4 Å². The first-order valence-electron chi connectivity index (χ1n) is 6.09. The van der Waals surface area contributed by atoms with Gasteiger partial charge in [-0.3, -0.25) is 5.10 Å². The maximum Gasteiger partial charge on any atom is 0.317 e. The van der Waals surface area contributed by atoms with Crippen molar-refractivity contribution in [1.82, 2.24) is 20.4 Å². The summed E-state index contributed by atoms with van der Waals surface area (Å²) in [5, 5.41) is 18.9. The minimum absolute atomic E-state index is 0.00598. The minimum Gasteiger partial charge on any atom is -0.394 e. The number of carbonyl (C=O) groups is 1. The van der Waals surface area contributed by atoms with Crippen LogP contribution >= 0.6 is 0 Å². The molecule has 0 saturated heterocycles. The number of amides is 2. The molecule has 0 aliphatic carbocycles. The monoisotopic (exact) mass is 254 g/mol. The molecule has 0 aliphatic rings. The number of carbonyl (C=O) groups excluding carboxylic acids is 1. The number of nitrogens with one attached hydrogen (secondary N) is 2. The molecule has 2 amide bonds. The van der Waals surface area contributed by atoms with Crippen molar-refractivity contribution in [2.24, 2.45) is 0 Å². The fraction of sp³-hybridized carbons (Fsp3) is 0.667. The lowest BCUT2D eigenvalue weighted by molar-refractivity contribution is 0.155. The largest absolute Gasteiger partial charge is 0.394 e. The molecular formula is C12H22N4O2. The zero-order chi connectivity index (χ0) is 13.7. The maximum atomic E-state index is 11.8. The quantitative estimate of drug-likeness (QED) is 0.722. The molecule has 0 aromatic carbocycles. The van der Waals surface area contributed by atoms with Crippen molar-refractivity contribution in [1.29, 1.82) is 0 Å². The van der Waals surface area contributed by atoms with E-state index in [1.807, 2.05) is 19.9 Å². The van der Waals surface area contributed by atoms with Crippen molar-refractivity contribution in [3.63, 3.8) is 0 Å². The molecule has 18 heavy (non-hydrogen) atoms. The first-order valence-corrected chi connectivity index (χ1v) is 6.09. The Morgan fingerprint density at radius 1 is 1.61 bits per heavy atom. The van der Waals surface area contributed by atoms with Gasteiger partial charge in [-0.15, -0.1) is 0 Å². The van der Waals surface area contributed by atoms with Crippen LogP contribution in [0.1, 0.15) is 25.2 Å². The van der Waals surface area contributed by atoms with E-state index in [1.54, 1.807) is 14.0 Å².